The van der Waals surface area contributed by atoms with Crippen LogP contribution >= 0.6 is 22.9 Å². The van der Waals surface area contributed by atoms with Crippen molar-refractivity contribution in [2.45, 2.75) is 13.5 Å². The molecule has 162 valence electrons. The van der Waals surface area contributed by atoms with Crippen LogP contribution < -0.4 is 9.64 Å². The third kappa shape index (κ3) is 4.00. The molecule has 4 aromatic rings. The van der Waals surface area contributed by atoms with Gasteiger partial charge < -0.3 is 4.74 Å². The van der Waals surface area contributed by atoms with Crippen LogP contribution in [0.3, 0.4) is 0 Å². The highest BCUT2D eigenvalue weighted by atomic mass is 35.5. The number of halogens is 1. The number of thiazole rings is 1. The Balaban J connectivity index is 1.86. The number of methoxy groups -OCH3 is 1. The van der Waals surface area contributed by atoms with E-state index in [4.69, 9.17) is 16.3 Å². The van der Waals surface area contributed by atoms with Crippen LogP contribution in [0.4, 0.5) is 10.8 Å². The zero-order valence-electron chi connectivity index (χ0n) is 17.1. The van der Waals surface area contributed by atoms with Gasteiger partial charge in [-0.25, -0.2) is 4.98 Å². The number of benzene rings is 2. The molecule has 0 saturated heterocycles. The molecule has 0 aliphatic carbocycles. The van der Waals surface area contributed by atoms with E-state index in [2.05, 4.69) is 9.97 Å². The molecular formula is C22H17ClN4O4S. The van der Waals surface area contributed by atoms with Crippen molar-refractivity contribution in [2.24, 2.45) is 0 Å². The number of nitrogens with zero attached hydrogens (tertiary/aromatic N) is 4. The van der Waals surface area contributed by atoms with Crippen molar-refractivity contribution in [3.05, 3.63) is 86.7 Å². The lowest BCUT2D eigenvalue weighted by Crippen LogP contribution is -2.31. The third-order valence-corrected chi connectivity index (χ3v) is 6.48. The molecule has 0 bridgehead atoms. The molecule has 2 aromatic carbocycles. The summed E-state index contributed by atoms with van der Waals surface area (Å²) in [6.07, 6.45) is 3.30. The van der Waals surface area contributed by atoms with Crippen LogP contribution in [0.25, 0.3) is 10.2 Å². The molecule has 0 fully saturated rings. The van der Waals surface area contributed by atoms with Crippen LogP contribution in [-0.2, 0) is 6.54 Å². The molecule has 0 N–H and O–H groups in total. The number of pyridine rings is 1. The summed E-state index contributed by atoms with van der Waals surface area (Å²) in [5, 5.41) is 12.3. The van der Waals surface area contributed by atoms with Crippen LogP contribution in [0.2, 0.25) is 5.02 Å². The number of carbonyl (C=O) groups is 1. The molecule has 0 saturated carbocycles. The average Bonchev–Trinajstić information content (AvgIpc) is 3.24. The maximum atomic E-state index is 13.6. The van der Waals surface area contributed by atoms with E-state index in [0.29, 0.717) is 26.1 Å². The Morgan fingerprint density at radius 1 is 1.25 bits per heavy atom. The number of fused-ring (bicyclic) bond motifs is 1. The fourth-order valence-corrected chi connectivity index (χ4v) is 4.57. The minimum atomic E-state index is -0.500. The molecule has 4 rings (SSSR count). The molecule has 0 spiro atoms. The minimum absolute atomic E-state index is 0.119. The molecule has 2 heterocycles. The van der Waals surface area contributed by atoms with Gasteiger partial charge in [-0.3, -0.25) is 24.8 Å². The van der Waals surface area contributed by atoms with Gasteiger partial charge in [-0.1, -0.05) is 35.1 Å². The fourth-order valence-electron chi connectivity index (χ4n) is 3.32. The summed E-state index contributed by atoms with van der Waals surface area (Å²) in [7, 11) is 1.53. The van der Waals surface area contributed by atoms with Crippen LogP contribution in [0.1, 0.15) is 21.5 Å². The van der Waals surface area contributed by atoms with Crippen LogP contribution in [0.15, 0.2) is 54.9 Å². The van der Waals surface area contributed by atoms with Crippen molar-refractivity contribution in [3.8, 4) is 5.75 Å². The first-order chi connectivity index (χ1) is 15.4. The lowest BCUT2D eigenvalue weighted by Gasteiger charge is -2.21. The standard InChI is InChI=1S/C22H17ClN4O4S/c1-13-15(6-3-7-17(13)27(29)30)21(28)26(12-14-5-4-10-24-11-14)22-25-19-18(31-2)9-8-16(23)20(19)32-22/h3-11H,12H2,1-2H3. The van der Waals surface area contributed by atoms with Gasteiger partial charge in [0.1, 0.15) is 11.3 Å². The van der Waals surface area contributed by atoms with E-state index in [1.54, 1.807) is 43.6 Å². The summed E-state index contributed by atoms with van der Waals surface area (Å²) in [4.78, 5) is 34.8. The van der Waals surface area contributed by atoms with Crippen molar-refractivity contribution < 1.29 is 14.5 Å². The second-order valence-electron chi connectivity index (χ2n) is 6.88. The van der Waals surface area contributed by atoms with Gasteiger partial charge in [-0.2, -0.15) is 0 Å². The van der Waals surface area contributed by atoms with E-state index in [-0.39, 0.29) is 23.4 Å². The number of amides is 1. The summed E-state index contributed by atoms with van der Waals surface area (Å²) >= 11 is 7.62. The first-order valence-electron chi connectivity index (χ1n) is 9.48. The molecule has 32 heavy (non-hydrogen) atoms. The number of nitro groups is 1. The first-order valence-corrected chi connectivity index (χ1v) is 10.7. The number of carbonyl (C=O) groups excluding carboxylic acids is 1. The van der Waals surface area contributed by atoms with Crippen molar-refractivity contribution in [2.75, 3.05) is 12.0 Å². The zero-order chi connectivity index (χ0) is 22.8. The Morgan fingerprint density at radius 2 is 2.06 bits per heavy atom. The molecule has 1 amide bonds. The number of anilines is 1. The second-order valence-corrected chi connectivity index (χ2v) is 8.27. The van der Waals surface area contributed by atoms with Gasteiger partial charge in [0.05, 0.1) is 28.3 Å². The van der Waals surface area contributed by atoms with Crippen LogP contribution in [-0.4, -0.2) is 27.9 Å². The SMILES string of the molecule is COc1ccc(Cl)c2sc(N(Cc3cccnc3)C(=O)c3cccc([N+](=O)[O-])c3C)nc12. The average molecular weight is 469 g/mol. The molecule has 2 aromatic heterocycles. The summed E-state index contributed by atoms with van der Waals surface area (Å²) in [6, 6.07) is 11.5. The summed E-state index contributed by atoms with van der Waals surface area (Å²) < 4.78 is 6.08. The largest absolute Gasteiger partial charge is 0.494 e. The van der Waals surface area contributed by atoms with Crippen LogP contribution in [0, 0.1) is 17.0 Å². The van der Waals surface area contributed by atoms with Crippen molar-refractivity contribution in [1.29, 1.82) is 0 Å². The molecule has 0 aliphatic heterocycles. The van der Waals surface area contributed by atoms with Crippen molar-refractivity contribution >= 4 is 49.9 Å². The summed E-state index contributed by atoms with van der Waals surface area (Å²) in [5.74, 6) is 0.122. The summed E-state index contributed by atoms with van der Waals surface area (Å²) in [5.41, 5.74) is 1.71. The number of aromatic nitrogens is 2. The number of ether oxygens (including phenoxy) is 1. The Kier molecular flexibility index (Phi) is 6.02. The van der Waals surface area contributed by atoms with Gasteiger partial charge in [0.25, 0.3) is 11.6 Å². The highest BCUT2D eigenvalue weighted by Gasteiger charge is 2.27. The monoisotopic (exact) mass is 468 g/mol. The number of hydrogen-bond acceptors (Lipinski definition) is 7. The number of nitro benzene ring substituents is 1. The van der Waals surface area contributed by atoms with Crippen molar-refractivity contribution in [1.82, 2.24) is 9.97 Å². The predicted molar refractivity (Wildman–Crippen MR) is 124 cm³/mol. The van der Waals surface area contributed by atoms with E-state index in [9.17, 15) is 14.9 Å². The quantitative estimate of drug-likeness (QED) is 0.277. The van der Waals surface area contributed by atoms with Gasteiger partial charge in [-0.05, 0) is 36.8 Å². The van der Waals surface area contributed by atoms with Crippen molar-refractivity contribution in [3.63, 3.8) is 0 Å². The number of hydrogen-bond donors (Lipinski definition) is 0. The Bertz CT molecular complexity index is 1330. The van der Waals surface area contributed by atoms with Gasteiger partial charge in [0.15, 0.2) is 5.13 Å². The first kappa shape index (κ1) is 21.7. The Morgan fingerprint density at radius 3 is 2.75 bits per heavy atom. The zero-order valence-corrected chi connectivity index (χ0v) is 18.7. The molecule has 0 aliphatic rings. The highest BCUT2D eigenvalue weighted by molar-refractivity contribution is 7.23. The molecule has 0 atom stereocenters. The second kappa shape index (κ2) is 8.89. The van der Waals surface area contributed by atoms with E-state index >= 15 is 0 Å². The van der Waals surface area contributed by atoms with Gasteiger partial charge in [0.2, 0.25) is 0 Å². The maximum absolute atomic E-state index is 13.6. The van der Waals surface area contributed by atoms with E-state index in [0.717, 1.165) is 5.56 Å². The molecular weight excluding hydrogens is 452 g/mol. The fraction of sp³-hybridized carbons (Fsp3) is 0.136. The molecule has 0 radical (unpaired) electrons. The normalized spacial score (nSPS) is 10.8. The third-order valence-electron chi connectivity index (χ3n) is 4.94. The lowest BCUT2D eigenvalue weighted by molar-refractivity contribution is -0.385. The van der Waals surface area contributed by atoms with Crippen LogP contribution in [0.5, 0.6) is 5.75 Å². The topological polar surface area (TPSA) is 98.5 Å². The Hall–Kier alpha value is -3.56. The van der Waals surface area contributed by atoms with Gasteiger partial charge in [0, 0.05) is 29.6 Å². The Labute approximate surface area is 192 Å². The van der Waals surface area contributed by atoms with E-state index in [1.807, 2.05) is 6.07 Å². The molecule has 10 heteroatoms. The highest BCUT2D eigenvalue weighted by Crippen LogP contribution is 2.39. The van der Waals surface area contributed by atoms with E-state index in [1.165, 1.54) is 35.5 Å². The predicted octanol–water partition coefficient (Wildman–Crippen LogP) is 5.42. The molecule has 8 nitrogen and oxygen atoms in total. The van der Waals surface area contributed by atoms with E-state index < -0.39 is 10.8 Å². The smallest absolute Gasteiger partial charge is 0.273 e. The van der Waals surface area contributed by atoms with Gasteiger partial charge >= 0.3 is 0 Å². The molecule has 0 unspecified atom stereocenters. The number of rotatable bonds is 6. The lowest BCUT2D eigenvalue weighted by atomic mass is 10.1. The minimum Gasteiger partial charge on any atom is -0.494 e. The maximum Gasteiger partial charge on any atom is 0.273 e. The van der Waals surface area contributed by atoms with Gasteiger partial charge in [-0.15, -0.1) is 0 Å². The summed E-state index contributed by atoms with van der Waals surface area (Å²) in [6.45, 7) is 1.74.